The Hall–Kier alpha value is -2.74. The van der Waals surface area contributed by atoms with Gasteiger partial charge in [0.15, 0.2) is 6.29 Å². The number of hydrogen-bond acceptors (Lipinski definition) is 6. The standard InChI is InChI=1S/C29H38N4O3/c1-21-18-32(26(17-30-21)28(35)31-11-13-36-14-12-31)27(19-34)33-20-29(2,3)24-10-9-23(16-25(24)33)15-22-7-5-4-6-8-22/h4-10,16,19,21,26-27,30H,11-15,17-18,20H2,1-3H3. The van der Waals surface area contributed by atoms with E-state index in [2.05, 4.69) is 78.4 Å². The molecule has 0 spiro atoms. The van der Waals surface area contributed by atoms with Crippen LogP contribution >= 0.6 is 0 Å². The first-order chi connectivity index (χ1) is 17.4. The van der Waals surface area contributed by atoms with E-state index in [0.717, 1.165) is 24.9 Å². The molecule has 3 heterocycles. The first-order valence-corrected chi connectivity index (χ1v) is 13.1. The van der Waals surface area contributed by atoms with Gasteiger partial charge in [-0.15, -0.1) is 0 Å². The Kier molecular flexibility index (Phi) is 7.15. The number of aldehydes is 1. The normalized spacial score (nSPS) is 24.9. The second-order valence-corrected chi connectivity index (χ2v) is 11.0. The third-order valence-corrected chi connectivity index (χ3v) is 7.85. The number of anilines is 1. The molecule has 0 aromatic heterocycles. The summed E-state index contributed by atoms with van der Waals surface area (Å²) in [4.78, 5) is 32.6. The van der Waals surface area contributed by atoms with Gasteiger partial charge in [-0.25, -0.2) is 0 Å². The molecule has 192 valence electrons. The van der Waals surface area contributed by atoms with Crippen molar-refractivity contribution in [3.8, 4) is 0 Å². The van der Waals surface area contributed by atoms with Gasteiger partial charge in [-0.3, -0.25) is 14.5 Å². The summed E-state index contributed by atoms with van der Waals surface area (Å²) in [7, 11) is 0. The van der Waals surface area contributed by atoms with E-state index in [-0.39, 0.29) is 23.4 Å². The monoisotopic (exact) mass is 490 g/mol. The van der Waals surface area contributed by atoms with Crippen LogP contribution in [0.1, 0.15) is 37.5 Å². The van der Waals surface area contributed by atoms with Crippen LogP contribution in [0.3, 0.4) is 0 Å². The van der Waals surface area contributed by atoms with Gasteiger partial charge in [-0.05, 0) is 36.1 Å². The zero-order chi connectivity index (χ0) is 25.3. The SMILES string of the molecule is CC1CN(C(C=O)N2CC(C)(C)c3ccc(Cc4ccccc4)cc32)C(C(=O)N2CCOCC2)CN1. The third-order valence-electron chi connectivity index (χ3n) is 7.85. The highest BCUT2D eigenvalue weighted by molar-refractivity contribution is 5.83. The molecule has 3 aliphatic rings. The van der Waals surface area contributed by atoms with Crippen LogP contribution in [0.4, 0.5) is 5.69 Å². The quantitative estimate of drug-likeness (QED) is 0.628. The molecule has 3 aliphatic heterocycles. The molecular weight excluding hydrogens is 452 g/mol. The lowest BCUT2D eigenvalue weighted by atomic mass is 9.86. The number of morpholine rings is 1. The average Bonchev–Trinajstić information content (AvgIpc) is 3.15. The van der Waals surface area contributed by atoms with Crippen molar-refractivity contribution in [2.24, 2.45) is 0 Å². The lowest BCUT2D eigenvalue weighted by Gasteiger charge is -2.46. The Morgan fingerprint density at radius 1 is 1.14 bits per heavy atom. The number of benzene rings is 2. The molecule has 2 aromatic carbocycles. The Bertz CT molecular complexity index is 1080. The maximum Gasteiger partial charge on any atom is 0.241 e. The molecule has 7 heteroatoms. The van der Waals surface area contributed by atoms with Gasteiger partial charge in [0.1, 0.15) is 12.2 Å². The maximum atomic E-state index is 13.6. The number of ether oxygens (including phenoxy) is 1. The molecular formula is C29H38N4O3. The van der Waals surface area contributed by atoms with Crippen LogP contribution in [-0.4, -0.2) is 86.2 Å². The molecule has 2 fully saturated rings. The number of piperazine rings is 1. The minimum absolute atomic E-state index is 0.0843. The van der Waals surface area contributed by atoms with E-state index < -0.39 is 6.17 Å². The maximum absolute atomic E-state index is 13.6. The second kappa shape index (κ2) is 10.3. The molecule has 36 heavy (non-hydrogen) atoms. The fourth-order valence-electron chi connectivity index (χ4n) is 5.95. The van der Waals surface area contributed by atoms with Gasteiger partial charge in [0.25, 0.3) is 0 Å². The molecule has 3 atom stereocenters. The van der Waals surface area contributed by atoms with Crippen molar-refractivity contribution in [2.75, 3.05) is 50.8 Å². The smallest absolute Gasteiger partial charge is 0.241 e. The summed E-state index contributed by atoms with van der Waals surface area (Å²) < 4.78 is 5.46. The van der Waals surface area contributed by atoms with Crippen molar-refractivity contribution in [3.63, 3.8) is 0 Å². The van der Waals surface area contributed by atoms with E-state index >= 15 is 0 Å². The van der Waals surface area contributed by atoms with Gasteiger partial charge in [-0.2, -0.15) is 0 Å². The van der Waals surface area contributed by atoms with Gasteiger partial charge in [-0.1, -0.05) is 56.3 Å². The van der Waals surface area contributed by atoms with Crippen molar-refractivity contribution < 1.29 is 14.3 Å². The van der Waals surface area contributed by atoms with E-state index in [9.17, 15) is 9.59 Å². The highest BCUT2D eigenvalue weighted by atomic mass is 16.5. The second-order valence-electron chi connectivity index (χ2n) is 11.0. The average molecular weight is 491 g/mol. The fraction of sp³-hybridized carbons (Fsp3) is 0.517. The third kappa shape index (κ3) is 4.92. The summed E-state index contributed by atoms with van der Waals surface area (Å²) in [6.07, 6.45) is 1.38. The van der Waals surface area contributed by atoms with Crippen LogP contribution in [0.15, 0.2) is 48.5 Å². The highest BCUT2D eigenvalue weighted by Gasteiger charge is 2.45. The first-order valence-electron chi connectivity index (χ1n) is 13.1. The van der Waals surface area contributed by atoms with E-state index in [0.29, 0.717) is 39.4 Å². The first kappa shape index (κ1) is 24.9. The molecule has 7 nitrogen and oxygen atoms in total. The Morgan fingerprint density at radius 2 is 1.89 bits per heavy atom. The van der Waals surface area contributed by atoms with Crippen LogP contribution < -0.4 is 10.2 Å². The summed E-state index contributed by atoms with van der Waals surface area (Å²) in [5.41, 5.74) is 4.76. The number of rotatable bonds is 6. The molecule has 0 saturated carbocycles. The predicted molar refractivity (Wildman–Crippen MR) is 141 cm³/mol. The van der Waals surface area contributed by atoms with Crippen molar-refractivity contribution in [1.82, 2.24) is 15.1 Å². The number of amides is 1. The Balaban J connectivity index is 1.46. The Labute approximate surface area is 214 Å². The van der Waals surface area contributed by atoms with Crippen molar-refractivity contribution in [1.29, 1.82) is 0 Å². The molecule has 2 saturated heterocycles. The van der Waals surface area contributed by atoms with Crippen LogP contribution in [-0.2, 0) is 26.2 Å². The molecule has 0 aliphatic carbocycles. The van der Waals surface area contributed by atoms with Crippen molar-refractivity contribution in [3.05, 3.63) is 65.2 Å². The number of carbonyl (C=O) groups is 2. The van der Waals surface area contributed by atoms with Crippen molar-refractivity contribution in [2.45, 2.75) is 50.9 Å². The van der Waals surface area contributed by atoms with Crippen LogP contribution in [0.25, 0.3) is 0 Å². The fourth-order valence-corrected chi connectivity index (χ4v) is 5.95. The lowest BCUT2D eigenvalue weighted by molar-refractivity contribution is -0.143. The number of nitrogens with one attached hydrogen (secondary N) is 1. The number of hydrogen-bond donors (Lipinski definition) is 1. The van der Waals surface area contributed by atoms with Gasteiger partial charge in [0.05, 0.1) is 13.2 Å². The minimum atomic E-state index is -0.503. The van der Waals surface area contributed by atoms with Crippen LogP contribution in [0, 0.1) is 0 Å². The summed E-state index contributed by atoms with van der Waals surface area (Å²) in [5.74, 6) is 0.0843. The minimum Gasteiger partial charge on any atom is -0.378 e. The molecule has 5 rings (SSSR count). The van der Waals surface area contributed by atoms with Crippen molar-refractivity contribution >= 4 is 17.9 Å². The highest BCUT2D eigenvalue weighted by Crippen LogP contribution is 2.42. The largest absolute Gasteiger partial charge is 0.378 e. The summed E-state index contributed by atoms with van der Waals surface area (Å²) in [5, 5.41) is 3.47. The Morgan fingerprint density at radius 3 is 2.61 bits per heavy atom. The summed E-state index contributed by atoms with van der Waals surface area (Å²) >= 11 is 0. The molecule has 3 unspecified atom stereocenters. The lowest BCUT2D eigenvalue weighted by Crippen LogP contribution is -2.67. The zero-order valence-corrected chi connectivity index (χ0v) is 21.7. The molecule has 1 amide bonds. The number of fused-ring (bicyclic) bond motifs is 1. The van der Waals surface area contributed by atoms with Crippen LogP contribution in [0.2, 0.25) is 0 Å². The zero-order valence-electron chi connectivity index (χ0n) is 21.7. The van der Waals surface area contributed by atoms with Gasteiger partial charge >= 0.3 is 0 Å². The van der Waals surface area contributed by atoms with Gasteiger partial charge < -0.3 is 19.9 Å². The predicted octanol–water partition coefficient (Wildman–Crippen LogP) is 2.42. The van der Waals surface area contributed by atoms with E-state index in [4.69, 9.17) is 4.74 Å². The molecule has 1 N–H and O–H groups in total. The number of nitrogens with zero attached hydrogens (tertiary/aromatic N) is 3. The molecule has 0 bridgehead atoms. The summed E-state index contributed by atoms with van der Waals surface area (Å²) in [6.45, 7) is 10.8. The molecule has 0 radical (unpaired) electrons. The van der Waals surface area contributed by atoms with E-state index in [1.165, 1.54) is 16.7 Å². The van der Waals surface area contributed by atoms with E-state index in [1.54, 1.807) is 0 Å². The summed E-state index contributed by atoms with van der Waals surface area (Å²) in [6, 6.07) is 17.0. The van der Waals surface area contributed by atoms with Gasteiger partial charge in [0.2, 0.25) is 5.91 Å². The molecule has 2 aromatic rings. The van der Waals surface area contributed by atoms with E-state index in [1.807, 2.05) is 11.0 Å². The van der Waals surface area contributed by atoms with Crippen LogP contribution in [0.5, 0.6) is 0 Å². The number of carbonyl (C=O) groups excluding carboxylic acids is 2. The van der Waals surface area contributed by atoms with Gasteiger partial charge in [0, 0.05) is 49.9 Å². The topological polar surface area (TPSA) is 65.1 Å².